The average Bonchev–Trinajstić information content (AvgIpc) is 2.85. The van der Waals surface area contributed by atoms with Crippen LogP contribution < -0.4 is 20.1 Å². The van der Waals surface area contributed by atoms with Crippen molar-refractivity contribution in [3.63, 3.8) is 0 Å². The van der Waals surface area contributed by atoms with Crippen LogP contribution in [0, 0.1) is 0 Å². The number of ether oxygens (including phenoxy) is 2. The van der Waals surface area contributed by atoms with Crippen LogP contribution in [-0.4, -0.2) is 30.2 Å². The van der Waals surface area contributed by atoms with E-state index in [4.69, 9.17) is 9.47 Å². The summed E-state index contributed by atoms with van der Waals surface area (Å²) in [7, 11) is 0. The Labute approximate surface area is 196 Å². The first-order valence-electron chi connectivity index (χ1n) is 10.2. The van der Waals surface area contributed by atoms with Crippen molar-refractivity contribution in [3.8, 4) is 11.5 Å². The summed E-state index contributed by atoms with van der Waals surface area (Å²) in [5.74, 6) is 0.438. The highest BCUT2D eigenvalue weighted by Crippen LogP contribution is 2.33. The Bertz CT molecular complexity index is 1010. The lowest BCUT2D eigenvalue weighted by Gasteiger charge is -2.17. The molecular weight excluding hydrogens is 472 g/mol. The molecule has 0 fully saturated rings. The Balaban J connectivity index is 1.74. The molecule has 0 spiro atoms. The third kappa shape index (κ3) is 7.13. The molecule has 2 N–H and O–H groups in total. The van der Waals surface area contributed by atoms with Crippen LogP contribution in [0.2, 0.25) is 0 Å². The van der Waals surface area contributed by atoms with Crippen LogP contribution in [0.3, 0.4) is 0 Å². The quantitative estimate of drug-likeness (QED) is 0.309. The van der Waals surface area contributed by atoms with Crippen molar-refractivity contribution in [1.29, 1.82) is 0 Å². The Kier molecular flexibility index (Phi) is 9.13. The molecule has 0 aliphatic carbocycles. The van der Waals surface area contributed by atoms with E-state index in [0.717, 1.165) is 11.1 Å². The monoisotopic (exact) mass is 496 g/mol. The molecule has 2 amide bonds. The van der Waals surface area contributed by atoms with E-state index in [9.17, 15) is 9.59 Å². The second kappa shape index (κ2) is 12.5. The van der Waals surface area contributed by atoms with E-state index in [0.29, 0.717) is 43.4 Å². The van der Waals surface area contributed by atoms with E-state index in [1.807, 2.05) is 60.7 Å². The summed E-state index contributed by atoms with van der Waals surface area (Å²) in [4.78, 5) is 24.2. The van der Waals surface area contributed by atoms with E-state index in [-0.39, 0.29) is 17.1 Å². The van der Waals surface area contributed by atoms with Gasteiger partial charge in [-0.25, -0.2) is 0 Å². The van der Waals surface area contributed by atoms with Gasteiger partial charge in [-0.2, -0.15) is 0 Å². The number of benzene rings is 3. The first-order chi connectivity index (χ1) is 15.7. The van der Waals surface area contributed by atoms with Gasteiger partial charge in [0.05, 0.1) is 10.9 Å². The Morgan fingerprint density at radius 1 is 0.719 bits per heavy atom. The number of para-hydroxylation sites is 1. The number of hydrogen-bond donors (Lipinski definition) is 2. The van der Waals surface area contributed by atoms with Crippen LogP contribution in [0.5, 0.6) is 11.5 Å². The molecule has 0 unspecified atom stereocenters. The third-order valence-corrected chi connectivity index (χ3v) is 5.05. The Morgan fingerprint density at radius 3 is 1.94 bits per heavy atom. The molecule has 0 heterocycles. The molecule has 0 atom stereocenters. The molecule has 0 saturated heterocycles. The first kappa shape index (κ1) is 23.3. The maximum Gasteiger partial charge on any atom is 0.255 e. The maximum atomic E-state index is 12.8. The highest BCUT2D eigenvalue weighted by atomic mass is 79.9. The molecule has 0 bridgehead atoms. The molecular formula is C25H25BrN2O4. The van der Waals surface area contributed by atoms with Crippen molar-refractivity contribution in [2.45, 2.75) is 13.2 Å². The van der Waals surface area contributed by atoms with Crippen molar-refractivity contribution in [2.75, 3.05) is 18.4 Å². The molecule has 0 aliphatic rings. The maximum absolute atomic E-state index is 12.8. The first-order valence-corrected chi connectivity index (χ1v) is 11.4. The summed E-state index contributed by atoms with van der Waals surface area (Å²) in [5.41, 5.74) is 2.37. The molecule has 32 heavy (non-hydrogen) atoms. The van der Waals surface area contributed by atoms with Crippen LogP contribution in [0.4, 0.5) is 0 Å². The molecule has 7 heteroatoms. The van der Waals surface area contributed by atoms with Crippen LogP contribution in [0.25, 0.3) is 0 Å². The minimum absolute atomic E-state index is 0.137. The lowest BCUT2D eigenvalue weighted by Crippen LogP contribution is -2.35. The zero-order valence-electron chi connectivity index (χ0n) is 17.6. The van der Waals surface area contributed by atoms with Gasteiger partial charge in [0.25, 0.3) is 5.91 Å². The van der Waals surface area contributed by atoms with E-state index < -0.39 is 0 Å². The van der Waals surface area contributed by atoms with Crippen LogP contribution in [0.15, 0.2) is 78.9 Å². The fraction of sp³-hybridized carbons (Fsp3) is 0.200. The number of carbonyl (C=O) groups excluding carboxylic acids is 2. The van der Waals surface area contributed by atoms with Gasteiger partial charge in [-0.05, 0) is 23.3 Å². The summed E-state index contributed by atoms with van der Waals surface area (Å²) in [6, 6.07) is 24.8. The van der Waals surface area contributed by atoms with Gasteiger partial charge >= 0.3 is 0 Å². The number of halogens is 1. The van der Waals surface area contributed by atoms with Crippen molar-refractivity contribution in [2.24, 2.45) is 0 Å². The Morgan fingerprint density at radius 2 is 1.31 bits per heavy atom. The molecule has 3 aromatic rings. The zero-order valence-corrected chi connectivity index (χ0v) is 19.1. The summed E-state index contributed by atoms with van der Waals surface area (Å²) in [6.07, 6.45) is 0. The topological polar surface area (TPSA) is 76.7 Å². The minimum Gasteiger partial charge on any atom is -0.485 e. The fourth-order valence-electron chi connectivity index (χ4n) is 2.94. The normalized spacial score (nSPS) is 10.3. The molecule has 0 aliphatic heterocycles. The van der Waals surface area contributed by atoms with Crippen molar-refractivity contribution >= 4 is 27.7 Å². The predicted octanol–water partition coefficient (Wildman–Crippen LogP) is 4.09. The zero-order chi connectivity index (χ0) is 22.6. The lowest BCUT2D eigenvalue weighted by molar-refractivity contribution is -0.118. The standard InChI is InChI=1S/C25H25BrN2O4/c26-16-23(29)27-14-15-28-25(30)21-12-7-13-22(31-17-19-8-3-1-4-9-19)24(21)32-18-20-10-5-2-6-11-20/h1-13H,14-18H2,(H,27,29)(H,28,30). The van der Waals surface area contributed by atoms with Gasteiger partial charge in [-0.15, -0.1) is 0 Å². The highest BCUT2D eigenvalue weighted by Gasteiger charge is 2.18. The third-order valence-electron chi connectivity index (χ3n) is 4.54. The minimum atomic E-state index is -0.300. The number of rotatable bonds is 11. The number of alkyl halides is 1. The molecule has 3 aromatic carbocycles. The van der Waals surface area contributed by atoms with Crippen molar-refractivity contribution in [3.05, 3.63) is 95.6 Å². The molecule has 3 rings (SSSR count). The van der Waals surface area contributed by atoms with Crippen LogP contribution in [0.1, 0.15) is 21.5 Å². The fourth-order valence-corrected chi connectivity index (χ4v) is 3.14. The number of carbonyl (C=O) groups is 2. The second-order valence-electron chi connectivity index (χ2n) is 6.92. The number of nitrogens with one attached hydrogen (secondary N) is 2. The Hall–Kier alpha value is -3.32. The van der Waals surface area contributed by atoms with Crippen molar-refractivity contribution in [1.82, 2.24) is 10.6 Å². The van der Waals surface area contributed by atoms with Gasteiger partial charge < -0.3 is 20.1 Å². The predicted molar refractivity (Wildman–Crippen MR) is 127 cm³/mol. The molecule has 166 valence electrons. The SMILES string of the molecule is O=C(CBr)NCCNC(=O)c1cccc(OCc2ccccc2)c1OCc1ccccc1. The number of amides is 2. The average molecular weight is 497 g/mol. The smallest absolute Gasteiger partial charge is 0.255 e. The van der Waals surface area contributed by atoms with Gasteiger partial charge in [-0.3, -0.25) is 9.59 Å². The summed E-state index contributed by atoms with van der Waals surface area (Å²) >= 11 is 3.09. The summed E-state index contributed by atoms with van der Waals surface area (Å²) < 4.78 is 12.1. The van der Waals surface area contributed by atoms with Gasteiger partial charge in [0.15, 0.2) is 11.5 Å². The highest BCUT2D eigenvalue weighted by molar-refractivity contribution is 9.09. The molecule has 0 saturated carbocycles. The summed E-state index contributed by atoms with van der Waals surface area (Å²) in [6.45, 7) is 1.28. The van der Waals surface area contributed by atoms with Gasteiger partial charge in [0, 0.05) is 13.1 Å². The largest absolute Gasteiger partial charge is 0.485 e. The van der Waals surface area contributed by atoms with E-state index >= 15 is 0 Å². The van der Waals surface area contributed by atoms with E-state index in [1.165, 1.54) is 0 Å². The second-order valence-corrected chi connectivity index (χ2v) is 7.48. The van der Waals surface area contributed by atoms with Crippen molar-refractivity contribution < 1.29 is 19.1 Å². The van der Waals surface area contributed by atoms with Crippen LogP contribution >= 0.6 is 15.9 Å². The lowest BCUT2D eigenvalue weighted by atomic mass is 10.1. The van der Waals surface area contributed by atoms with Crippen LogP contribution in [-0.2, 0) is 18.0 Å². The molecule has 6 nitrogen and oxygen atoms in total. The number of hydrogen-bond acceptors (Lipinski definition) is 4. The van der Waals surface area contributed by atoms with Gasteiger partial charge in [0.1, 0.15) is 13.2 Å². The molecule has 0 radical (unpaired) electrons. The molecule has 0 aromatic heterocycles. The van der Waals surface area contributed by atoms with E-state index in [1.54, 1.807) is 18.2 Å². The van der Waals surface area contributed by atoms with Gasteiger partial charge in [-0.1, -0.05) is 82.7 Å². The van der Waals surface area contributed by atoms with E-state index in [2.05, 4.69) is 26.6 Å². The summed E-state index contributed by atoms with van der Waals surface area (Å²) in [5, 5.41) is 5.73. The van der Waals surface area contributed by atoms with Gasteiger partial charge in [0.2, 0.25) is 5.91 Å².